The molecule has 0 aliphatic carbocycles. The van der Waals surface area contributed by atoms with Crippen molar-refractivity contribution in [2.45, 2.75) is 51.7 Å². The minimum Gasteiger partial charge on any atom is -0.469 e. The van der Waals surface area contributed by atoms with Gasteiger partial charge in [-0.05, 0) is 77.9 Å². The highest BCUT2D eigenvalue weighted by Crippen LogP contribution is 2.38. The number of esters is 2. The third kappa shape index (κ3) is 16.3. The molecule has 0 aliphatic rings. The Hall–Kier alpha value is -4.12. The van der Waals surface area contributed by atoms with Crippen LogP contribution >= 0.6 is 69.5 Å². The largest absolute Gasteiger partial charge is 0.469 e. The summed E-state index contributed by atoms with van der Waals surface area (Å²) < 4.78 is 9.67. The molecule has 0 saturated heterocycles. The average Bonchev–Trinajstić information content (AvgIpc) is 3.70. The van der Waals surface area contributed by atoms with Crippen molar-refractivity contribution in [3.63, 3.8) is 0 Å². The molecule has 61 heavy (non-hydrogen) atoms. The number of halogens is 4. The van der Waals surface area contributed by atoms with Crippen LogP contribution in [0.1, 0.15) is 60.0 Å². The Kier molecular flexibility index (Phi) is 22.2. The SMILES string of the molecule is CC(C)C(SC#N)C(=O)c1ccc(Cl)c(Cl)c1.COC(=O)C(CN)Cc1ccccc1.COC(=O)C(CNc1nc(-c2ccc(Cl)c(Cl)c2)c(C(C)C)s1)Cc1ccccc1. The number of hydrogen-bond acceptors (Lipinski definition) is 11. The predicted molar refractivity (Wildman–Crippen MR) is 253 cm³/mol. The van der Waals surface area contributed by atoms with Crippen LogP contribution in [0.5, 0.6) is 0 Å². The number of methoxy groups -OCH3 is 2. The van der Waals surface area contributed by atoms with Crippen LogP contribution in [-0.4, -0.2) is 55.3 Å². The van der Waals surface area contributed by atoms with Crippen molar-refractivity contribution < 1.29 is 23.9 Å². The van der Waals surface area contributed by atoms with Crippen LogP contribution in [0.3, 0.4) is 0 Å². The Morgan fingerprint density at radius 2 is 1.30 bits per heavy atom. The lowest BCUT2D eigenvalue weighted by Crippen LogP contribution is -2.26. The topological polar surface area (TPSA) is 144 Å². The molecule has 15 heteroatoms. The number of thiazole rings is 1. The molecule has 0 bridgehead atoms. The van der Waals surface area contributed by atoms with Gasteiger partial charge in [-0.2, -0.15) is 5.26 Å². The lowest BCUT2D eigenvalue weighted by atomic mass is 9.99. The number of carbonyl (C=O) groups is 3. The molecule has 3 atom stereocenters. The van der Waals surface area contributed by atoms with E-state index in [-0.39, 0.29) is 40.7 Å². The highest BCUT2D eigenvalue weighted by atomic mass is 35.5. The van der Waals surface area contributed by atoms with Gasteiger partial charge in [0.1, 0.15) is 5.40 Å². The van der Waals surface area contributed by atoms with Gasteiger partial charge in [0, 0.05) is 29.1 Å². The number of carbonyl (C=O) groups excluding carboxylic acids is 3. The summed E-state index contributed by atoms with van der Waals surface area (Å²) in [7, 11) is 2.80. The number of benzene rings is 4. The number of thiocyanates is 1. The molecule has 0 fully saturated rings. The fraction of sp³-hybridized carbons (Fsp3) is 0.326. The minimum atomic E-state index is -0.378. The summed E-state index contributed by atoms with van der Waals surface area (Å²) in [4.78, 5) is 41.7. The van der Waals surface area contributed by atoms with Crippen molar-refractivity contribution in [1.29, 1.82) is 5.26 Å². The molecular formula is C46H50Cl4N4O5S2. The Morgan fingerprint density at radius 3 is 1.77 bits per heavy atom. The van der Waals surface area contributed by atoms with E-state index in [1.165, 1.54) is 14.2 Å². The maximum absolute atomic E-state index is 12.3. The normalized spacial score (nSPS) is 12.1. The molecule has 5 rings (SSSR count). The van der Waals surface area contributed by atoms with Gasteiger partial charge in [-0.3, -0.25) is 14.4 Å². The lowest BCUT2D eigenvalue weighted by Gasteiger charge is -2.15. The number of ketones is 1. The van der Waals surface area contributed by atoms with E-state index >= 15 is 0 Å². The lowest BCUT2D eigenvalue weighted by molar-refractivity contribution is -0.145. The first-order chi connectivity index (χ1) is 29.1. The number of rotatable bonds is 16. The molecule has 9 nitrogen and oxygen atoms in total. The van der Waals surface area contributed by atoms with E-state index in [0.717, 1.165) is 44.2 Å². The van der Waals surface area contributed by atoms with Crippen LogP contribution in [0.15, 0.2) is 97.1 Å². The van der Waals surface area contributed by atoms with E-state index in [2.05, 4.69) is 23.9 Å². The number of anilines is 1. The van der Waals surface area contributed by atoms with E-state index in [0.29, 0.717) is 57.5 Å². The zero-order valence-corrected chi connectivity index (χ0v) is 39.5. The predicted octanol–water partition coefficient (Wildman–Crippen LogP) is 12.1. The molecule has 3 unspecified atom stereocenters. The van der Waals surface area contributed by atoms with Gasteiger partial charge in [-0.25, -0.2) is 4.98 Å². The van der Waals surface area contributed by atoms with Gasteiger partial charge in [-0.1, -0.05) is 141 Å². The Morgan fingerprint density at radius 1 is 0.770 bits per heavy atom. The highest BCUT2D eigenvalue weighted by molar-refractivity contribution is 8.05. The molecule has 1 aromatic heterocycles. The van der Waals surface area contributed by atoms with Gasteiger partial charge < -0.3 is 20.5 Å². The minimum absolute atomic E-state index is 0.0848. The van der Waals surface area contributed by atoms with Gasteiger partial charge in [0.25, 0.3) is 0 Å². The van der Waals surface area contributed by atoms with Crippen LogP contribution in [0.4, 0.5) is 5.13 Å². The van der Waals surface area contributed by atoms with Crippen molar-refractivity contribution in [1.82, 2.24) is 4.98 Å². The summed E-state index contributed by atoms with van der Waals surface area (Å²) in [5, 5.41) is 16.2. The average molecular weight is 945 g/mol. The second-order valence-corrected chi connectivity index (χ2v) is 17.9. The van der Waals surface area contributed by atoms with Gasteiger partial charge in [-0.15, -0.1) is 11.3 Å². The zero-order chi connectivity index (χ0) is 45.1. The van der Waals surface area contributed by atoms with Crippen LogP contribution in [0.2, 0.25) is 20.1 Å². The van der Waals surface area contributed by atoms with Gasteiger partial charge in [0.05, 0.1) is 57.1 Å². The molecular weight excluding hydrogens is 894 g/mol. The number of Topliss-reactive ketones (excluding diaryl/α,β-unsaturated/α-hetero) is 1. The standard InChI is InChI=1S/C23H24Cl2N2O2S.C12H11Cl2NOS.C11H15NO2/c1-14(2)21-20(16-9-10-18(24)19(25)12-16)27-23(30-21)26-13-17(22(28)29-3)11-15-7-5-4-6-8-15;1-7(2)12(17-6-15)11(16)8-3-4-9(13)10(14)5-8;1-14-11(13)10(8-12)7-9-5-3-2-4-6-9/h4-10,12,14,17H,11,13H2,1-3H3,(H,26,27);3-5,7,12H,1-2H3;2-6,10H,7-8,12H2,1H3. The van der Waals surface area contributed by atoms with E-state index in [4.69, 9.17) is 67.1 Å². The zero-order valence-electron chi connectivity index (χ0n) is 34.8. The molecule has 3 N–H and O–H groups in total. The van der Waals surface area contributed by atoms with Crippen molar-refractivity contribution in [2.75, 3.05) is 32.6 Å². The van der Waals surface area contributed by atoms with E-state index < -0.39 is 0 Å². The number of nitrogens with zero attached hydrogens (tertiary/aromatic N) is 2. The first-order valence-electron chi connectivity index (χ1n) is 19.3. The fourth-order valence-corrected chi connectivity index (χ4v) is 8.08. The monoisotopic (exact) mass is 942 g/mol. The van der Waals surface area contributed by atoms with E-state index in [1.54, 1.807) is 35.6 Å². The number of nitrogens with one attached hydrogen (secondary N) is 1. The first kappa shape index (κ1) is 51.2. The van der Waals surface area contributed by atoms with E-state index in [9.17, 15) is 14.4 Å². The third-order valence-electron chi connectivity index (χ3n) is 9.12. The van der Waals surface area contributed by atoms with Crippen LogP contribution in [-0.2, 0) is 31.9 Å². The molecule has 4 aromatic carbocycles. The number of ether oxygens (including phenoxy) is 2. The summed E-state index contributed by atoms with van der Waals surface area (Å²) >= 11 is 26.5. The molecule has 0 aliphatic heterocycles. The Bertz CT molecular complexity index is 2220. The molecule has 1 heterocycles. The maximum atomic E-state index is 12.3. The van der Waals surface area contributed by atoms with Crippen LogP contribution < -0.4 is 11.1 Å². The Balaban J connectivity index is 0.000000270. The summed E-state index contributed by atoms with van der Waals surface area (Å²) in [5.41, 5.74) is 9.98. The van der Waals surface area contributed by atoms with Crippen molar-refractivity contribution in [3.8, 4) is 16.7 Å². The quantitative estimate of drug-likeness (QED) is 0.0557. The van der Waals surface area contributed by atoms with Crippen molar-refractivity contribution >= 4 is 92.4 Å². The number of aromatic nitrogens is 1. The molecule has 324 valence electrons. The Labute approximate surface area is 387 Å². The number of thioether (sulfide) groups is 1. The molecule has 0 amide bonds. The number of hydrogen-bond donors (Lipinski definition) is 2. The summed E-state index contributed by atoms with van der Waals surface area (Å²) in [6, 6.07) is 30.0. The molecule has 5 aromatic rings. The first-order valence-corrected chi connectivity index (χ1v) is 22.5. The second kappa shape index (κ2) is 26.4. The van der Waals surface area contributed by atoms with Crippen molar-refractivity contribution in [2.24, 2.45) is 23.5 Å². The van der Waals surface area contributed by atoms with Crippen molar-refractivity contribution in [3.05, 3.63) is 139 Å². The van der Waals surface area contributed by atoms with E-state index in [1.807, 2.05) is 92.0 Å². The molecule has 0 spiro atoms. The molecule has 0 radical (unpaired) electrons. The van der Waals surface area contributed by atoms with Crippen LogP contribution in [0, 0.1) is 28.4 Å². The van der Waals surface area contributed by atoms with Gasteiger partial charge >= 0.3 is 11.9 Å². The fourth-order valence-electron chi connectivity index (χ4n) is 5.85. The number of nitriles is 1. The summed E-state index contributed by atoms with van der Waals surface area (Å²) in [6.07, 6.45) is 1.24. The smallest absolute Gasteiger partial charge is 0.310 e. The second-order valence-electron chi connectivity index (χ2n) is 14.3. The highest BCUT2D eigenvalue weighted by Gasteiger charge is 2.25. The third-order valence-corrected chi connectivity index (χ3v) is 13.0. The number of nitrogens with two attached hydrogens (primary N) is 1. The van der Waals surface area contributed by atoms with Gasteiger partial charge in [0.2, 0.25) is 0 Å². The van der Waals surface area contributed by atoms with Crippen LogP contribution in [0.25, 0.3) is 11.3 Å². The summed E-state index contributed by atoms with van der Waals surface area (Å²) in [6.45, 7) is 8.83. The molecule has 0 saturated carbocycles. The summed E-state index contributed by atoms with van der Waals surface area (Å²) in [5.74, 6) is -0.734. The van der Waals surface area contributed by atoms with Gasteiger partial charge in [0.15, 0.2) is 10.9 Å². The maximum Gasteiger partial charge on any atom is 0.310 e.